The molecule has 0 bridgehead atoms. The quantitative estimate of drug-likeness (QED) is 0.730. The lowest BCUT2D eigenvalue weighted by atomic mass is 9.98. The monoisotopic (exact) mass is 232 g/mol. The summed E-state index contributed by atoms with van der Waals surface area (Å²) in [5.41, 5.74) is 0.970. The number of rotatable bonds is 2. The molecule has 0 atom stereocenters. The van der Waals surface area contributed by atoms with E-state index in [2.05, 4.69) is 0 Å². The SMILES string of the molecule is O=S(=O)(Cl)c1cccc(C2COC2)c1. The maximum Gasteiger partial charge on any atom is 0.261 e. The van der Waals surface area contributed by atoms with Crippen LogP contribution in [0.1, 0.15) is 11.5 Å². The smallest absolute Gasteiger partial charge is 0.261 e. The Morgan fingerprint density at radius 3 is 2.57 bits per heavy atom. The number of benzene rings is 1. The van der Waals surface area contributed by atoms with Crippen molar-refractivity contribution in [2.75, 3.05) is 13.2 Å². The Morgan fingerprint density at radius 1 is 1.36 bits per heavy atom. The van der Waals surface area contributed by atoms with E-state index in [1.54, 1.807) is 12.1 Å². The fourth-order valence-corrected chi connectivity index (χ4v) is 2.15. The lowest BCUT2D eigenvalue weighted by Gasteiger charge is -2.26. The molecule has 0 amide bonds. The van der Waals surface area contributed by atoms with Crippen LogP contribution in [0.15, 0.2) is 29.2 Å². The average Bonchev–Trinajstić information content (AvgIpc) is 2.00. The number of halogens is 1. The van der Waals surface area contributed by atoms with E-state index in [-0.39, 0.29) is 4.90 Å². The van der Waals surface area contributed by atoms with Crippen molar-refractivity contribution in [3.05, 3.63) is 29.8 Å². The molecule has 1 aromatic carbocycles. The van der Waals surface area contributed by atoms with Crippen LogP contribution in [0.25, 0.3) is 0 Å². The van der Waals surface area contributed by atoms with Crippen LogP contribution in [0.5, 0.6) is 0 Å². The summed E-state index contributed by atoms with van der Waals surface area (Å²) < 4.78 is 27.1. The van der Waals surface area contributed by atoms with Crippen LogP contribution < -0.4 is 0 Å². The van der Waals surface area contributed by atoms with E-state index in [0.29, 0.717) is 19.1 Å². The standard InChI is InChI=1S/C9H9ClO3S/c10-14(11,12)9-3-1-2-7(4-9)8-5-13-6-8/h1-4,8H,5-6H2. The normalized spacial score (nSPS) is 17.8. The van der Waals surface area contributed by atoms with Crippen molar-refractivity contribution in [1.82, 2.24) is 0 Å². The highest BCUT2D eigenvalue weighted by molar-refractivity contribution is 8.13. The van der Waals surface area contributed by atoms with E-state index in [4.69, 9.17) is 15.4 Å². The molecule has 1 aromatic rings. The molecule has 0 aromatic heterocycles. The number of hydrogen-bond donors (Lipinski definition) is 0. The minimum atomic E-state index is -3.61. The van der Waals surface area contributed by atoms with E-state index in [0.717, 1.165) is 5.56 Å². The highest BCUT2D eigenvalue weighted by Crippen LogP contribution is 2.26. The molecule has 0 unspecified atom stereocenters. The van der Waals surface area contributed by atoms with Gasteiger partial charge in [0.1, 0.15) is 0 Å². The zero-order valence-corrected chi connectivity index (χ0v) is 8.88. The van der Waals surface area contributed by atoms with Crippen LogP contribution in [0.3, 0.4) is 0 Å². The van der Waals surface area contributed by atoms with Gasteiger partial charge in [0.25, 0.3) is 9.05 Å². The van der Waals surface area contributed by atoms with Crippen molar-refractivity contribution in [3.63, 3.8) is 0 Å². The molecule has 1 saturated heterocycles. The van der Waals surface area contributed by atoms with Crippen molar-refractivity contribution >= 4 is 19.7 Å². The Labute approximate surface area is 87.1 Å². The summed E-state index contributed by atoms with van der Waals surface area (Å²) in [5.74, 6) is 0.313. The van der Waals surface area contributed by atoms with E-state index in [1.165, 1.54) is 6.07 Å². The Hall–Kier alpha value is -0.580. The van der Waals surface area contributed by atoms with Crippen LogP contribution in [0, 0.1) is 0 Å². The molecule has 0 radical (unpaired) electrons. The lowest BCUT2D eigenvalue weighted by Crippen LogP contribution is -2.25. The van der Waals surface area contributed by atoms with E-state index in [1.807, 2.05) is 6.07 Å². The van der Waals surface area contributed by atoms with Gasteiger partial charge < -0.3 is 4.74 Å². The fourth-order valence-electron chi connectivity index (χ4n) is 1.35. The Bertz CT molecular complexity index is 437. The van der Waals surface area contributed by atoms with Gasteiger partial charge in [0.2, 0.25) is 0 Å². The first-order valence-electron chi connectivity index (χ1n) is 4.20. The molecular formula is C9H9ClO3S. The first-order valence-corrected chi connectivity index (χ1v) is 6.50. The van der Waals surface area contributed by atoms with Gasteiger partial charge in [-0.05, 0) is 17.7 Å². The summed E-state index contributed by atoms with van der Waals surface area (Å²) in [6.07, 6.45) is 0. The maximum atomic E-state index is 11.0. The molecule has 2 rings (SSSR count). The van der Waals surface area contributed by atoms with Gasteiger partial charge in [-0.1, -0.05) is 12.1 Å². The molecule has 1 aliphatic heterocycles. The summed E-state index contributed by atoms with van der Waals surface area (Å²) in [6, 6.07) is 6.68. The molecular weight excluding hydrogens is 224 g/mol. The van der Waals surface area contributed by atoms with E-state index >= 15 is 0 Å². The van der Waals surface area contributed by atoms with Crippen molar-refractivity contribution < 1.29 is 13.2 Å². The third-order valence-corrected chi connectivity index (χ3v) is 3.60. The highest BCUT2D eigenvalue weighted by atomic mass is 35.7. The predicted octanol–water partition coefficient (Wildman–Crippen LogP) is 1.73. The van der Waals surface area contributed by atoms with Crippen molar-refractivity contribution in [3.8, 4) is 0 Å². The van der Waals surface area contributed by atoms with Gasteiger partial charge >= 0.3 is 0 Å². The minimum absolute atomic E-state index is 0.156. The molecule has 1 aliphatic rings. The first-order chi connectivity index (χ1) is 6.57. The first kappa shape index (κ1) is 9.96. The highest BCUT2D eigenvalue weighted by Gasteiger charge is 2.21. The van der Waals surface area contributed by atoms with Gasteiger partial charge in [-0.3, -0.25) is 0 Å². The van der Waals surface area contributed by atoms with Gasteiger partial charge in [-0.15, -0.1) is 0 Å². The molecule has 3 nitrogen and oxygen atoms in total. The summed E-state index contributed by atoms with van der Waals surface area (Å²) >= 11 is 0. The second kappa shape index (κ2) is 3.53. The van der Waals surface area contributed by atoms with Crippen LogP contribution >= 0.6 is 10.7 Å². The zero-order chi connectivity index (χ0) is 10.2. The molecule has 76 valence electrons. The van der Waals surface area contributed by atoms with Gasteiger partial charge in [0, 0.05) is 16.6 Å². The van der Waals surface area contributed by atoms with Gasteiger partial charge in [-0.2, -0.15) is 0 Å². The van der Waals surface area contributed by atoms with Gasteiger partial charge in [0.15, 0.2) is 0 Å². The predicted molar refractivity (Wildman–Crippen MR) is 53.0 cm³/mol. The Balaban J connectivity index is 2.36. The van der Waals surface area contributed by atoms with E-state index in [9.17, 15) is 8.42 Å². The molecule has 0 N–H and O–H groups in total. The van der Waals surface area contributed by atoms with Crippen molar-refractivity contribution in [2.24, 2.45) is 0 Å². The third-order valence-electron chi connectivity index (χ3n) is 2.25. The third kappa shape index (κ3) is 1.92. The van der Waals surface area contributed by atoms with Crippen LogP contribution in [-0.2, 0) is 13.8 Å². The molecule has 14 heavy (non-hydrogen) atoms. The fraction of sp³-hybridized carbons (Fsp3) is 0.333. The van der Waals surface area contributed by atoms with Crippen LogP contribution in [-0.4, -0.2) is 21.6 Å². The van der Waals surface area contributed by atoms with Gasteiger partial charge in [-0.25, -0.2) is 8.42 Å². The Kier molecular flexibility index (Phi) is 2.51. The van der Waals surface area contributed by atoms with Crippen LogP contribution in [0.2, 0.25) is 0 Å². The topological polar surface area (TPSA) is 43.4 Å². The Morgan fingerprint density at radius 2 is 2.07 bits per heavy atom. The summed E-state index contributed by atoms with van der Waals surface area (Å²) in [6.45, 7) is 1.32. The lowest BCUT2D eigenvalue weighted by molar-refractivity contribution is 0.00834. The summed E-state index contributed by atoms with van der Waals surface area (Å²) in [4.78, 5) is 0.156. The van der Waals surface area contributed by atoms with Crippen molar-refractivity contribution in [2.45, 2.75) is 10.8 Å². The second-order valence-electron chi connectivity index (χ2n) is 3.24. The molecule has 0 saturated carbocycles. The second-order valence-corrected chi connectivity index (χ2v) is 5.81. The van der Waals surface area contributed by atoms with Gasteiger partial charge in [0.05, 0.1) is 18.1 Å². The minimum Gasteiger partial charge on any atom is -0.380 e. The van der Waals surface area contributed by atoms with Crippen LogP contribution in [0.4, 0.5) is 0 Å². The number of hydrogen-bond acceptors (Lipinski definition) is 3. The molecule has 5 heteroatoms. The molecule has 1 heterocycles. The molecule has 0 aliphatic carbocycles. The largest absolute Gasteiger partial charge is 0.380 e. The zero-order valence-electron chi connectivity index (χ0n) is 7.31. The average molecular weight is 233 g/mol. The van der Waals surface area contributed by atoms with E-state index < -0.39 is 9.05 Å². The van der Waals surface area contributed by atoms with Crippen molar-refractivity contribution in [1.29, 1.82) is 0 Å². The maximum absolute atomic E-state index is 11.0. The molecule has 0 spiro atoms. The number of ether oxygens (including phenoxy) is 1. The molecule has 1 fully saturated rings. The summed E-state index contributed by atoms with van der Waals surface area (Å²) in [5, 5.41) is 0. The summed E-state index contributed by atoms with van der Waals surface area (Å²) in [7, 11) is 1.63.